The van der Waals surface area contributed by atoms with E-state index in [0.717, 1.165) is 26.1 Å². The Kier molecular flexibility index (Phi) is 7.46. The zero-order chi connectivity index (χ0) is 17.2. The van der Waals surface area contributed by atoms with Crippen LogP contribution in [0, 0.1) is 0 Å². The number of hydrogen-bond acceptors (Lipinski definition) is 3. The van der Waals surface area contributed by atoms with E-state index in [-0.39, 0.29) is 0 Å². The highest BCUT2D eigenvalue weighted by Gasteiger charge is 2.10. The molecule has 0 radical (unpaired) electrons. The van der Waals surface area contributed by atoms with Crippen LogP contribution < -0.4 is 5.32 Å². The molecule has 0 aromatic heterocycles. The Balaban J connectivity index is 1.88. The number of rotatable bonds is 10. The van der Waals surface area contributed by atoms with Crippen LogP contribution in [0.1, 0.15) is 24.5 Å². The minimum Gasteiger partial charge on any atom is -0.480 e. The third kappa shape index (κ3) is 6.52. The van der Waals surface area contributed by atoms with E-state index >= 15 is 0 Å². The molecule has 4 nitrogen and oxygen atoms in total. The molecule has 0 saturated carbocycles. The zero-order valence-corrected chi connectivity index (χ0v) is 14.2. The van der Waals surface area contributed by atoms with Crippen molar-refractivity contribution in [1.29, 1.82) is 0 Å². The Hall–Kier alpha value is -2.17. The van der Waals surface area contributed by atoms with Crippen LogP contribution in [0.5, 0.6) is 0 Å². The fraction of sp³-hybridized carbons (Fsp3) is 0.350. The molecular formula is C20H26N2O2. The molecule has 2 rings (SSSR count). The molecule has 0 amide bonds. The Labute approximate surface area is 144 Å². The number of nitrogens with one attached hydrogen (secondary N) is 1. The molecule has 4 heteroatoms. The van der Waals surface area contributed by atoms with Gasteiger partial charge >= 0.3 is 5.97 Å². The zero-order valence-electron chi connectivity index (χ0n) is 14.2. The second-order valence-electron chi connectivity index (χ2n) is 6.05. The van der Waals surface area contributed by atoms with Gasteiger partial charge in [0.1, 0.15) is 6.04 Å². The van der Waals surface area contributed by atoms with E-state index in [4.69, 9.17) is 5.11 Å². The van der Waals surface area contributed by atoms with Gasteiger partial charge in [-0.25, -0.2) is 0 Å². The van der Waals surface area contributed by atoms with Crippen molar-refractivity contribution in [2.75, 3.05) is 13.1 Å². The maximum atomic E-state index is 10.8. The Morgan fingerprint density at radius 2 is 1.50 bits per heavy atom. The van der Waals surface area contributed by atoms with Crippen molar-refractivity contribution in [3.63, 3.8) is 0 Å². The van der Waals surface area contributed by atoms with Crippen LogP contribution in [-0.2, 0) is 17.9 Å². The lowest BCUT2D eigenvalue weighted by Crippen LogP contribution is -2.35. The summed E-state index contributed by atoms with van der Waals surface area (Å²) in [6, 6.07) is 20.4. The van der Waals surface area contributed by atoms with Gasteiger partial charge in [-0.1, -0.05) is 60.7 Å². The van der Waals surface area contributed by atoms with Crippen molar-refractivity contribution in [1.82, 2.24) is 10.2 Å². The number of carboxylic acids is 1. The standard InChI is InChI=1S/C20H26N2O2/c1-17(20(23)24)21-13-8-14-22(15-18-9-4-2-5-10-18)16-19-11-6-3-7-12-19/h2-7,9-12,17,21H,8,13-16H2,1H3,(H,23,24). The van der Waals surface area contributed by atoms with Crippen LogP contribution >= 0.6 is 0 Å². The van der Waals surface area contributed by atoms with E-state index in [1.807, 2.05) is 12.1 Å². The summed E-state index contributed by atoms with van der Waals surface area (Å²) in [5.41, 5.74) is 2.58. The molecule has 2 N–H and O–H groups in total. The molecule has 1 atom stereocenters. The molecule has 0 spiro atoms. The van der Waals surface area contributed by atoms with Crippen molar-refractivity contribution < 1.29 is 9.90 Å². The number of hydrogen-bond donors (Lipinski definition) is 2. The SMILES string of the molecule is CC(NCCCN(Cc1ccccc1)Cc1ccccc1)C(=O)O. The third-order valence-corrected chi connectivity index (χ3v) is 3.97. The highest BCUT2D eigenvalue weighted by atomic mass is 16.4. The van der Waals surface area contributed by atoms with Crippen molar-refractivity contribution >= 4 is 5.97 Å². The second-order valence-corrected chi connectivity index (χ2v) is 6.05. The van der Waals surface area contributed by atoms with Gasteiger partial charge in [-0.2, -0.15) is 0 Å². The molecular weight excluding hydrogens is 300 g/mol. The van der Waals surface area contributed by atoms with Gasteiger partial charge < -0.3 is 10.4 Å². The van der Waals surface area contributed by atoms with Crippen LogP contribution in [0.4, 0.5) is 0 Å². The third-order valence-electron chi connectivity index (χ3n) is 3.97. The predicted octanol–water partition coefficient (Wildman–Crippen LogP) is 3.14. The van der Waals surface area contributed by atoms with Gasteiger partial charge in [0.15, 0.2) is 0 Å². The monoisotopic (exact) mass is 326 g/mol. The van der Waals surface area contributed by atoms with Crippen molar-refractivity contribution in [3.8, 4) is 0 Å². The van der Waals surface area contributed by atoms with Crippen LogP contribution in [-0.4, -0.2) is 35.1 Å². The largest absolute Gasteiger partial charge is 0.480 e. The van der Waals surface area contributed by atoms with Crippen LogP contribution in [0.3, 0.4) is 0 Å². The maximum absolute atomic E-state index is 10.8. The van der Waals surface area contributed by atoms with E-state index in [9.17, 15) is 4.79 Å². The molecule has 0 bridgehead atoms. The average molecular weight is 326 g/mol. The van der Waals surface area contributed by atoms with Gasteiger partial charge in [0.05, 0.1) is 0 Å². The first-order valence-corrected chi connectivity index (χ1v) is 8.41. The number of aliphatic carboxylic acids is 1. The molecule has 0 aliphatic rings. The fourth-order valence-electron chi connectivity index (χ4n) is 2.61. The Bertz CT molecular complexity index is 560. The Morgan fingerprint density at radius 1 is 1.00 bits per heavy atom. The van der Waals surface area contributed by atoms with Crippen molar-refractivity contribution in [2.45, 2.75) is 32.5 Å². The summed E-state index contributed by atoms with van der Waals surface area (Å²) in [7, 11) is 0. The maximum Gasteiger partial charge on any atom is 0.320 e. The van der Waals surface area contributed by atoms with Gasteiger partial charge in [-0.3, -0.25) is 9.69 Å². The molecule has 2 aromatic rings. The number of carboxylic acid groups (broad SMARTS) is 1. The topological polar surface area (TPSA) is 52.6 Å². The van der Waals surface area contributed by atoms with Gasteiger partial charge in [0.25, 0.3) is 0 Å². The lowest BCUT2D eigenvalue weighted by Gasteiger charge is -2.23. The smallest absolute Gasteiger partial charge is 0.320 e. The van der Waals surface area contributed by atoms with Gasteiger partial charge in [0, 0.05) is 19.6 Å². The normalized spacial score (nSPS) is 12.2. The molecule has 0 heterocycles. The molecule has 2 aromatic carbocycles. The highest BCUT2D eigenvalue weighted by molar-refractivity contribution is 5.72. The predicted molar refractivity (Wildman–Crippen MR) is 96.7 cm³/mol. The van der Waals surface area contributed by atoms with Gasteiger partial charge in [0.2, 0.25) is 0 Å². The summed E-state index contributed by atoms with van der Waals surface area (Å²) in [4.78, 5) is 13.2. The van der Waals surface area contributed by atoms with Crippen LogP contribution in [0.25, 0.3) is 0 Å². The molecule has 1 unspecified atom stereocenters. The first kappa shape index (κ1) is 18.2. The van der Waals surface area contributed by atoms with Gasteiger partial charge in [-0.15, -0.1) is 0 Å². The van der Waals surface area contributed by atoms with Crippen LogP contribution in [0.2, 0.25) is 0 Å². The minimum absolute atomic E-state index is 0.498. The molecule has 128 valence electrons. The number of carbonyl (C=O) groups is 1. The van der Waals surface area contributed by atoms with E-state index in [1.165, 1.54) is 11.1 Å². The minimum atomic E-state index is -0.805. The van der Waals surface area contributed by atoms with E-state index in [1.54, 1.807) is 6.92 Å². The summed E-state index contributed by atoms with van der Waals surface area (Å²) in [6.45, 7) is 5.08. The number of nitrogens with zero attached hydrogens (tertiary/aromatic N) is 1. The van der Waals surface area contributed by atoms with E-state index in [2.05, 4.69) is 58.7 Å². The Morgan fingerprint density at radius 3 is 1.96 bits per heavy atom. The highest BCUT2D eigenvalue weighted by Crippen LogP contribution is 2.10. The molecule has 0 fully saturated rings. The lowest BCUT2D eigenvalue weighted by atomic mass is 10.1. The quantitative estimate of drug-likeness (QED) is 0.659. The summed E-state index contributed by atoms with van der Waals surface area (Å²) in [5, 5.41) is 11.9. The lowest BCUT2D eigenvalue weighted by molar-refractivity contribution is -0.138. The summed E-state index contributed by atoms with van der Waals surface area (Å²) in [6.07, 6.45) is 0.914. The van der Waals surface area contributed by atoms with Gasteiger partial charge in [-0.05, 0) is 31.0 Å². The first-order valence-electron chi connectivity index (χ1n) is 8.41. The molecule has 0 aliphatic carbocycles. The molecule has 0 aliphatic heterocycles. The van der Waals surface area contributed by atoms with E-state index < -0.39 is 12.0 Å². The summed E-state index contributed by atoms with van der Waals surface area (Å²) < 4.78 is 0. The number of benzene rings is 2. The molecule has 0 saturated heterocycles. The van der Waals surface area contributed by atoms with Crippen molar-refractivity contribution in [3.05, 3.63) is 71.8 Å². The van der Waals surface area contributed by atoms with E-state index in [0.29, 0.717) is 6.54 Å². The summed E-state index contributed by atoms with van der Waals surface area (Å²) in [5.74, 6) is -0.805. The van der Waals surface area contributed by atoms with Crippen LogP contribution in [0.15, 0.2) is 60.7 Å². The second kappa shape index (κ2) is 9.85. The molecule has 24 heavy (non-hydrogen) atoms. The summed E-state index contributed by atoms with van der Waals surface area (Å²) >= 11 is 0. The fourth-order valence-corrected chi connectivity index (χ4v) is 2.61. The van der Waals surface area contributed by atoms with Crippen molar-refractivity contribution in [2.24, 2.45) is 0 Å². The first-order chi connectivity index (χ1) is 11.6. The average Bonchev–Trinajstić information content (AvgIpc) is 2.60.